The normalized spacial score (nSPS) is 14.9. The van der Waals surface area contributed by atoms with Gasteiger partial charge >= 0.3 is 0 Å². The van der Waals surface area contributed by atoms with Crippen LogP contribution in [0.5, 0.6) is 11.5 Å². The van der Waals surface area contributed by atoms with E-state index in [1.165, 1.54) is 0 Å². The molecule has 0 aliphatic carbocycles. The number of benzene rings is 1. The first-order chi connectivity index (χ1) is 8.27. The monoisotopic (exact) mass is 272 g/mol. The third kappa shape index (κ3) is 2.06. The first-order valence-electron chi connectivity index (χ1n) is 5.51. The van der Waals surface area contributed by atoms with Crippen molar-refractivity contribution < 1.29 is 23.0 Å². The molecule has 0 saturated heterocycles. The third-order valence-electron chi connectivity index (χ3n) is 2.99. The van der Waals surface area contributed by atoms with Crippen LogP contribution in [0.2, 0.25) is 0 Å². The van der Waals surface area contributed by atoms with Gasteiger partial charge in [0.15, 0.2) is 21.3 Å². The molecule has 2 rings (SSSR count). The van der Waals surface area contributed by atoms with Crippen LogP contribution in [0.15, 0.2) is 17.0 Å². The second-order valence-electron chi connectivity index (χ2n) is 4.99. The molecule has 1 heterocycles. The zero-order chi connectivity index (χ0) is 13.6. The minimum absolute atomic E-state index is 0.0147. The van der Waals surface area contributed by atoms with Gasteiger partial charge in [0.2, 0.25) is 6.79 Å². The van der Waals surface area contributed by atoms with Gasteiger partial charge in [0, 0.05) is 11.7 Å². The molecule has 0 atom stereocenters. The maximum absolute atomic E-state index is 12.0. The van der Waals surface area contributed by atoms with Crippen LogP contribution >= 0.6 is 0 Å². The van der Waals surface area contributed by atoms with Crippen LogP contribution in [0.4, 0.5) is 0 Å². The minimum atomic E-state index is -3.47. The Balaban J connectivity index is 2.77. The number of hydrogen-bond donors (Lipinski definition) is 1. The van der Waals surface area contributed by atoms with Gasteiger partial charge in [-0.05, 0) is 11.6 Å². The highest BCUT2D eigenvalue weighted by atomic mass is 32.2. The number of fused-ring (bicyclic) bond motifs is 1. The molecule has 0 bridgehead atoms. The highest BCUT2D eigenvalue weighted by molar-refractivity contribution is 7.90. The second kappa shape index (κ2) is 4.13. The zero-order valence-electron chi connectivity index (χ0n) is 10.6. The molecule has 0 unspecified atom stereocenters. The number of sulfone groups is 1. The summed E-state index contributed by atoms with van der Waals surface area (Å²) in [7, 11) is -3.47. The predicted molar refractivity (Wildman–Crippen MR) is 65.8 cm³/mol. The van der Waals surface area contributed by atoms with Crippen molar-refractivity contribution in [2.45, 2.75) is 24.2 Å². The predicted octanol–water partition coefficient (Wildman–Crippen LogP) is 1.09. The van der Waals surface area contributed by atoms with Crippen molar-refractivity contribution in [3.8, 4) is 11.5 Å². The molecule has 100 valence electrons. The molecule has 0 spiro atoms. The molecule has 1 aliphatic rings. The van der Waals surface area contributed by atoms with E-state index in [4.69, 9.17) is 9.47 Å². The largest absolute Gasteiger partial charge is 0.454 e. The van der Waals surface area contributed by atoms with E-state index in [1.54, 1.807) is 26.0 Å². The molecule has 0 aromatic heterocycles. The van der Waals surface area contributed by atoms with Gasteiger partial charge in [-0.3, -0.25) is 0 Å². The summed E-state index contributed by atoms with van der Waals surface area (Å²) >= 11 is 0. The summed E-state index contributed by atoms with van der Waals surface area (Å²) in [6.07, 6.45) is 1.13. The van der Waals surface area contributed by atoms with Gasteiger partial charge in [0.25, 0.3) is 0 Å². The van der Waals surface area contributed by atoms with Crippen LogP contribution in [-0.2, 0) is 15.3 Å². The van der Waals surface area contributed by atoms with Crippen molar-refractivity contribution in [3.05, 3.63) is 17.7 Å². The minimum Gasteiger partial charge on any atom is -0.454 e. The fourth-order valence-electron chi connectivity index (χ4n) is 1.93. The van der Waals surface area contributed by atoms with E-state index in [1.807, 2.05) is 0 Å². The van der Waals surface area contributed by atoms with Gasteiger partial charge in [-0.1, -0.05) is 19.9 Å². The van der Waals surface area contributed by atoms with Crippen LogP contribution in [0.1, 0.15) is 19.4 Å². The van der Waals surface area contributed by atoms with Crippen LogP contribution in [0, 0.1) is 0 Å². The summed E-state index contributed by atoms with van der Waals surface area (Å²) in [6, 6.07) is 3.34. The van der Waals surface area contributed by atoms with E-state index in [2.05, 4.69) is 0 Å². The molecule has 0 saturated carbocycles. The molecule has 5 nitrogen and oxygen atoms in total. The Morgan fingerprint density at radius 2 is 2.00 bits per heavy atom. The standard InChI is InChI=1S/C12H16O5S/c1-12(2,6-13)8-4-5-9-10(17-7-16-9)11(8)18(3,14)15/h4-5,13H,6-7H2,1-3H3. The summed E-state index contributed by atoms with van der Waals surface area (Å²) in [4.78, 5) is 0.108. The lowest BCUT2D eigenvalue weighted by atomic mass is 9.85. The Labute approximate surface area is 106 Å². The van der Waals surface area contributed by atoms with Crippen molar-refractivity contribution in [1.29, 1.82) is 0 Å². The molecular weight excluding hydrogens is 256 g/mol. The highest BCUT2D eigenvalue weighted by Gasteiger charge is 2.33. The number of ether oxygens (including phenoxy) is 2. The number of hydrogen-bond acceptors (Lipinski definition) is 5. The van der Waals surface area contributed by atoms with Gasteiger partial charge in [-0.2, -0.15) is 0 Å². The van der Waals surface area contributed by atoms with E-state index in [0.717, 1.165) is 6.26 Å². The van der Waals surface area contributed by atoms with E-state index in [9.17, 15) is 13.5 Å². The lowest BCUT2D eigenvalue weighted by Gasteiger charge is -2.25. The lowest BCUT2D eigenvalue weighted by Crippen LogP contribution is -2.25. The lowest BCUT2D eigenvalue weighted by molar-refractivity contribution is 0.171. The number of rotatable bonds is 3. The summed E-state index contributed by atoms with van der Waals surface area (Å²) in [5.74, 6) is 0.671. The Kier molecular flexibility index (Phi) is 3.03. The van der Waals surface area contributed by atoms with Gasteiger partial charge in [0.05, 0.1) is 6.61 Å². The van der Waals surface area contributed by atoms with Gasteiger partial charge in [-0.25, -0.2) is 8.42 Å². The van der Waals surface area contributed by atoms with Gasteiger partial charge in [0.1, 0.15) is 4.90 Å². The fourth-order valence-corrected chi connectivity index (χ4v) is 3.17. The smallest absolute Gasteiger partial charge is 0.231 e. The molecule has 1 aromatic rings. The fraction of sp³-hybridized carbons (Fsp3) is 0.500. The second-order valence-corrected chi connectivity index (χ2v) is 6.94. The molecule has 1 aromatic carbocycles. The SMILES string of the molecule is CC(C)(CO)c1ccc2c(c1S(C)(=O)=O)OCO2. The van der Waals surface area contributed by atoms with Crippen molar-refractivity contribution in [3.63, 3.8) is 0 Å². The Morgan fingerprint density at radius 1 is 1.33 bits per heavy atom. The summed E-state index contributed by atoms with van der Waals surface area (Å²) in [5, 5.41) is 9.42. The van der Waals surface area contributed by atoms with Crippen molar-refractivity contribution in [2.24, 2.45) is 0 Å². The molecule has 6 heteroatoms. The summed E-state index contributed by atoms with van der Waals surface area (Å²) < 4.78 is 34.4. The van der Waals surface area contributed by atoms with Crippen molar-refractivity contribution in [2.75, 3.05) is 19.7 Å². The molecule has 0 radical (unpaired) electrons. The third-order valence-corrected chi connectivity index (χ3v) is 4.14. The zero-order valence-corrected chi connectivity index (χ0v) is 11.4. The summed E-state index contributed by atoms with van der Waals surface area (Å²) in [6.45, 7) is 3.41. The van der Waals surface area contributed by atoms with Crippen molar-refractivity contribution in [1.82, 2.24) is 0 Å². The Morgan fingerprint density at radius 3 is 2.56 bits per heavy atom. The maximum atomic E-state index is 12.0. The molecule has 1 N–H and O–H groups in total. The summed E-state index contributed by atoms with van der Waals surface area (Å²) in [5.41, 5.74) is -0.129. The van der Waals surface area contributed by atoms with Crippen molar-refractivity contribution >= 4 is 9.84 Å². The van der Waals surface area contributed by atoms with E-state index >= 15 is 0 Å². The first-order valence-corrected chi connectivity index (χ1v) is 7.40. The van der Waals surface area contributed by atoms with E-state index in [0.29, 0.717) is 11.3 Å². The van der Waals surface area contributed by atoms with Crippen LogP contribution in [0.25, 0.3) is 0 Å². The molecule has 18 heavy (non-hydrogen) atoms. The van der Waals surface area contributed by atoms with E-state index in [-0.39, 0.29) is 24.0 Å². The average Bonchev–Trinajstić information content (AvgIpc) is 2.73. The Hall–Kier alpha value is -1.27. The van der Waals surface area contributed by atoms with Crippen LogP contribution < -0.4 is 9.47 Å². The molecule has 0 amide bonds. The maximum Gasteiger partial charge on any atom is 0.231 e. The number of aliphatic hydroxyl groups excluding tert-OH is 1. The number of aliphatic hydroxyl groups is 1. The highest BCUT2D eigenvalue weighted by Crippen LogP contribution is 2.43. The van der Waals surface area contributed by atoms with E-state index < -0.39 is 15.3 Å². The topological polar surface area (TPSA) is 72.8 Å². The van der Waals surface area contributed by atoms with Gasteiger partial charge in [-0.15, -0.1) is 0 Å². The Bertz CT molecular complexity index is 574. The first kappa shape index (κ1) is 13.2. The molecule has 1 aliphatic heterocycles. The quantitative estimate of drug-likeness (QED) is 0.891. The van der Waals surface area contributed by atoms with Crippen LogP contribution in [0.3, 0.4) is 0 Å². The molecule has 0 fully saturated rings. The van der Waals surface area contributed by atoms with Gasteiger partial charge < -0.3 is 14.6 Å². The van der Waals surface area contributed by atoms with Crippen LogP contribution in [-0.4, -0.2) is 33.2 Å². The molecular formula is C12H16O5S. The average molecular weight is 272 g/mol.